The van der Waals surface area contributed by atoms with Gasteiger partial charge in [0.15, 0.2) is 0 Å². The van der Waals surface area contributed by atoms with Gasteiger partial charge >= 0.3 is 0 Å². The summed E-state index contributed by atoms with van der Waals surface area (Å²) >= 11 is 0. The van der Waals surface area contributed by atoms with E-state index in [2.05, 4.69) is 39.3 Å². The maximum atomic E-state index is 10.8. The molecule has 8 nitrogen and oxygen atoms in total. The van der Waals surface area contributed by atoms with Gasteiger partial charge in [-0.05, 0) is 69.6 Å². The molecule has 1 atom stereocenters. The third kappa shape index (κ3) is 11.9. The zero-order valence-corrected chi connectivity index (χ0v) is 22.1. The average Bonchev–Trinajstić information content (AvgIpc) is 2.82. The van der Waals surface area contributed by atoms with E-state index in [1.165, 1.54) is 5.56 Å². The molecular formula is C27H45N5O3. The van der Waals surface area contributed by atoms with E-state index in [9.17, 15) is 15.0 Å². The van der Waals surface area contributed by atoms with Crippen LogP contribution < -0.4 is 10.6 Å². The summed E-state index contributed by atoms with van der Waals surface area (Å²) in [6.07, 6.45) is 7.92. The van der Waals surface area contributed by atoms with Crippen molar-refractivity contribution in [2.75, 3.05) is 32.7 Å². The molecule has 1 aliphatic heterocycles. The van der Waals surface area contributed by atoms with E-state index in [0.29, 0.717) is 30.8 Å². The van der Waals surface area contributed by atoms with Crippen molar-refractivity contribution in [3.05, 3.63) is 53.1 Å². The lowest BCUT2D eigenvalue weighted by atomic mass is 10.1. The van der Waals surface area contributed by atoms with Gasteiger partial charge in [0.2, 0.25) is 6.41 Å². The monoisotopic (exact) mass is 487 g/mol. The van der Waals surface area contributed by atoms with Crippen LogP contribution in [0.25, 0.3) is 0 Å². The van der Waals surface area contributed by atoms with Crippen LogP contribution in [0.2, 0.25) is 0 Å². The number of benzene rings is 1. The Hall–Kier alpha value is -2.84. The minimum Gasteiger partial charge on any atom is -0.512 e. The lowest BCUT2D eigenvalue weighted by Crippen LogP contribution is -2.38. The average molecular weight is 488 g/mol. The molecule has 1 amide bonds. The van der Waals surface area contributed by atoms with Crippen LogP contribution in [0.5, 0.6) is 5.75 Å². The molecule has 0 aliphatic carbocycles. The summed E-state index contributed by atoms with van der Waals surface area (Å²) in [6.45, 7) is 15.6. The van der Waals surface area contributed by atoms with Crippen LogP contribution in [0, 0.1) is 6.92 Å². The number of rotatable bonds is 10. The number of allylic oxidation sites excluding steroid dienone is 1. The van der Waals surface area contributed by atoms with E-state index >= 15 is 0 Å². The van der Waals surface area contributed by atoms with Crippen LogP contribution in [-0.4, -0.2) is 71.5 Å². The lowest BCUT2D eigenvalue weighted by Gasteiger charge is -2.30. The molecule has 1 aliphatic rings. The van der Waals surface area contributed by atoms with Gasteiger partial charge in [-0.25, -0.2) is 0 Å². The number of nitrogens with one attached hydrogen (secondary N) is 2. The van der Waals surface area contributed by atoms with Gasteiger partial charge in [-0.2, -0.15) is 0 Å². The fraction of sp³-hybridized carbons (Fsp3) is 0.556. The number of amides is 1. The fourth-order valence-corrected chi connectivity index (χ4v) is 4.03. The summed E-state index contributed by atoms with van der Waals surface area (Å²) in [5, 5.41) is 25.6. The molecule has 0 fully saturated rings. The fourth-order valence-electron chi connectivity index (χ4n) is 4.03. The molecular weight excluding hydrogens is 442 g/mol. The van der Waals surface area contributed by atoms with Crippen molar-refractivity contribution in [2.45, 2.75) is 66.5 Å². The number of hydrogen-bond donors (Lipinski definition) is 4. The molecule has 196 valence electrons. The smallest absolute Gasteiger partial charge is 0.211 e. The van der Waals surface area contributed by atoms with Crippen molar-refractivity contribution in [1.29, 1.82) is 0 Å². The predicted molar refractivity (Wildman–Crippen MR) is 145 cm³/mol. The van der Waals surface area contributed by atoms with E-state index in [1.807, 2.05) is 32.9 Å². The van der Waals surface area contributed by atoms with Crippen LogP contribution in [0.15, 0.2) is 46.9 Å². The summed E-state index contributed by atoms with van der Waals surface area (Å²) in [5.41, 5.74) is 2.83. The molecule has 4 N–H and O–H groups in total. The summed E-state index contributed by atoms with van der Waals surface area (Å²) in [5.74, 6) is 0.533. The minimum absolute atomic E-state index is 0.139. The standard InChI is InChI=1S/C25H39N5O3.C2H6/c1-4-9-29(17-22-6-7-24(32)13-20(22)2)10-5-11-30-12-8-26-18-27-16-23(28-19-31)15-25(33)14-21(30)3;1-2/h6-7,13,15-16,18-19,21,32-33H,4-5,8-12,14,17H2,1-3H3,(H,26,27)(H,28,31);1-2H3/b23-16+,25-15+;. The molecule has 1 unspecified atom stereocenters. The number of carbonyl (C=O) groups is 1. The quantitative estimate of drug-likeness (QED) is 0.371. The zero-order valence-electron chi connectivity index (χ0n) is 22.1. The van der Waals surface area contributed by atoms with Crippen LogP contribution in [0.4, 0.5) is 0 Å². The number of aliphatic hydroxyl groups excluding tert-OH is 1. The largest absolute Gasteiger partial charge is 0.512 e. The molecule has 1 aromatic carbocycles. The van der Waals surface area contributed by atoms with Crippen molar-refractivity contribution in [1.82, 2.24) is 20.4 Å². The second-order valence-electron chi connectivity index (χ2n) is 8.53. The molecule has 0 saturated carbocycles. The van der Waals surface area contributed by atoms with Crippen molar-refractivity contribution in [3.63, 3.8) is 0 Å². The van der Waals surface area contributed by atoms with E-state index in [-0.39, 0.29) is 11.8 Å². The van der Waals surface area contributed by atoms with E-state index < -0.39 is 0 Å². The number of aryl methyl sites for hydroxylation is 1. The van der Waals surface area contributed by atoms with Gasteiger partial charge in [-0.3, -0.25) is 19.6 Å². The molecule has 1 heterocycles. The summed E-state index contributed by atoms with van der Waals surface area (Å²) in [4.78, 5) is 20.0. The molecule has 2 rings (SSSR count). The van der Waals surface area contributed by atoms with E-state index in [4.69, 9.17) is 0 Å². The number of nitrogens with zero attached hydrogens (tertiary/aromatic N) is 3. The number of phenols is 1. The summed E-state index contributed by atoms with van der Waals surface area (Å²) < 4.78 is 0. The first-order chi connectivity index (χ1) is 16.9. The van der Waals surface area contributed by atoms with Crippen LogP contribution in [-0.2, 0) is 11.3 Å². The van der Waals surface area contributed by atoms with Gasteiger partial charge in [-0.15, -0.1) is 0 Å². The predicted octanol–water partition coefficient (Wildman–Crippen LogP) is 4.07. The second kappa shape index (κ2) is 17.6. The van der Waals surface area contributed by atoms with Gasteiger partial charge in [0.1, 0.15) is 5.75 Å². The molecule has 0 spiro atoms. The topological polar surface area (TPSA) is 100 Å². The number of carbonyl (C=O) groups excluding carboxylic acids is 1. The summed E-state index contributed by atoms with van der Waals surface area (Å²) in [7, 11) is 0. The summed E-state index contributed by atoms with van der Waals surface area (Å²) in [6, 6.07) is 5.72. The zero-order chi connectivity index (χ0) is 26.1. The van der Waals surface area contributed by atoms with Crippen LogP contribution in [0.3, 0.4) is 0 Å². The van der Waals surface area contributed by atoms with Gasteiger partial charge in [0.25, 0.3) is 0 Å². The number of aliphatic imine (C=N–C) groups is 1. The van der Waals surface area contributed by atoms with Crippen molar-refractivity contribution >= 4 is 12.7 Å². The Labute approximate surface area is 211 Å². The molecule has 0 bridgehead atoms. The van der Waals surface area contributed by atoms with Gasteiger partial charge in [0, 0.05) is 37.8 Å². The van der Waals surface area contributed by atoms with Crippen molar-refractivity contribution in [3.8, 4) is 5.75 Å². The molecule has 8 heteroatoms. The first kappa shape index (κ1) is 30.2. The Morgan fingerprint density at radius 1 is 1.29 bits per heavy atom. The Morgan fingerprint density at radius 3 is 2.74 bits per heavy atom. The Balaban J connectivity index is 0.00000298. The van der Waals surface area contributed by atoms with E-state index in [0.717, 1.165) is 51.1 Å². The number of hydrogen-bond acceptors (Lipinski definition) is 7. The highest BCUT2D eigenvalue weighted by molar-refractivity contribution is 5.57. The second-order valence-corrected chi connectivity index (χ2v) is 8.53. The Bertz CT molecular complexity index is 838. The highest BCUT2D eigenvalue weighted by Gasteiger charge is 2.16. The minimum atomic E-state index is 0.139. The first-order valence-electron chi connectivity index (χ1n) is 12.7. The van der Waals surface area contributed by atoms with Crippen molar-refractivity contribution in [2.24, 2.45) is 4.99 Å². The van der Waals surface area contributed by atoms with Gasteiger partial charge in [0.05, 0.1) is 24.3 Å². The molecule has 0 aromatic heterocycles. The SMILES string of the molecule is CC.CCCN(CCCN1CCN=CN/C=C(NC=O)\C=C(\O)CC1C)Cc1ccc(O)cc1C. The number of aromatic hydroxyl groups is 1. The molecule has 0 radical (unpaired) electrons. The highest BCUT2D eigenvalue weighted by atomic mass is 16.3. The normalized spacial score (nSPS) is 20.1. The highest BCUT2D eigenvalue weighted by Crippen LogP contribution is 2.18. The van der Waals surface area contributed by atoms with Crippen LogP contribution >= 0.6 is 0 Å². The van der Waals surface area contributed by atoms with E-state index in [1.54, 1.807) is 24.7 Å². The lowest BCUT2D eigenvalue weighted by molar-refractivity contribution is -0.108. The maximum absolute atomic E-state index is 10.8. The van der Waals surface area contributed by atoms with Gasteiger partial charge in [-0.1, -0.05) is 26.8 Å². The Morgan fingerprint density at radius 2 is 2.06 bits per heavy atom. The number of phenolic OH excluding ortho intramolecular Hbond substituents is 1. The van der Waals surface area contributed by atoms with Gasteiger partial charge < -0.3 is 20.8 Å². The van der Waals surface area contributed by atoms with Crippen LogP contribution in [0.1, 0.15) is 58.1 Å². The van der Waals surface area contributed by atoms with Crippen molar-refractivity contribution < 1.29 is 15.0 Å². The molecule has 0 saturated heterocycles. The molecule has 35 heavy (non-hydrogen) atoms. The Kier molecular flexibility index (Phi) is 15.2. The number of aliphatic hydroxyl groups is 1. The third-order valence-electron chi connectivity index (χ3n) is 5.78. The first-order valence-corrected chi connectivity index (χ1v) is 12.7. The maximum Gasteiger partial charge on any atom is 0.211 e. The third-order valence-corrected chi connectivity index (χ3v) is 5.78. The molecule has 1 aromatic rings.